The number of hydrogen-bond acceptors (Lipinski definition) is 3. The van der Waals surface area contributed by atoms with Crippen LogP contribution < -0.4 is 9.47 Å². The summed E-state index contributed by atoms with van der Waals surface area (Å²) in [6.45, 7) is 3.56. The van der Waals surface area contributed by atoms with E-state index in [1.807, 2.05) is 0 Å². The van der Waals surface area contributed by atoms with Crippen LogP contribution in [0, 0.1) is 0 Å². The van der Waals surface area contributed by atoms with Gasteiger partial charge >= 0.3 is 0 Å². The fourth-order valence-corrected chi connectivity index (χ4v) is 1.77. The van der Waals surface area contributed by atoms with Crippen LogP contribution in [0.1, 0.15) is 19.4 Å². The minimum atomic E-state index is -0.974. The lowest BCUT2D eigenvalue weighted by Crippen LogP contribution is -2.15. The highest BCUT2D eigenvalue weighted by Gasteiger charge is 2.24. The maximum Gasteiger partial charge on any atom is 0.231 e. The minimum absolute atomic E-state index is 0.209. The highest BCUT2D eigenvalue weighted by molar-refractivity contribution is 6.31. The highest BCUT2D eigenvalue weighted by Crippen LogP contribution is 2.40. The Bertz CT molecular complexity index is 368. The van der Waals surface area contributed by atoms with E-state index in [0.29, 0.717) is 22.1 Å². The molecule has 14 heavy (non-hydrogen) atoms. The number of aliphatic hydroxyl groups is 1. The van der Waals surface area contributed by atoms with Crippen LogP contribution in [0.3, 0.4) is 0 Å². The first kappa shape index (κ1) is 9.62. The summed E-state index contributed by atoms with van der Waals surface area (Å²) in [5.74, 6) is 1.26. The van der Waals surface area contributed by atoms with Gasteiger partial charge in [-0.05, 0) is 19.9 Å². The molecule has 0 fully saturated rings. The summed E-state index contributed by atoms with van der Waals surface area (Å²) in [6, 6.07) is 3.38. The smallest absolute Gasteiger partial charge is 0.231 e. The summed E-state index contributed by atoms with van der Waals surface area (Å²) >= 11 is 6.00. The highest BCUT2D eigenvalue weighted by atomic mass is 35.5. The first-order valence-corrected chi connectivity index (χ1v) is 4.68. The van der Waals surface area contributed by atoms with Crippen molar-refractivity contribution >= 4 is 11.6 Å². The van der Waals surface area contributed by atoms with Crippen molar-refractivity contribution in [1.82, 2.24) is 0 Å². The van der Waals surface area contributed by atoms with Gasteiger partial charge in [-0.25, -0.2) is 0 Å². The summed E-state index contributed by atoms with van der Waals surface area (Å²) in [5.41, 5.74) is -0.332. The van der Waals surface area contributed by atoms with Crippen molar-refractivity contribution in [3.05, 3.63) is 22.7 Å². The Morgan fingerprint density at radius 1 is 1.29 bits per heavy atom. The molecule has 0 saturated heterocycles. The van der Waals surface area contributed by atoms with Crippen LogP contribution in [0.4, 0.5) is 0 Å². The standard InChI is InChI=1S/C10H11ClO3/c1-10(2,12)6-3-8-9(4-7(6)11)14-5-13-8/h3-4,12H,5H2,1-2H3. The Morgan fingerprint density at radius 3 is 2.43 bits per heavy atom. The molecule has 0 saturated carbocycles. The van der Waals surface area contributed by atoms with Gasteiger partial charge in [0.05, 0.1) is 10.6 Å². The van der Waals surface area contributed by atoms with E-state index in [2.05, 4.69) is 0 Å². The van der Waals surface area contributed by atoms with Crippen molar-refractivity contribution in [3.8, 4) is 11.5 Å². The molecule has 1 N–H and O–H groups in total. The molecule has 0 spiro atoms. The third-order valence-electron chi connectivity index (χ3n) is 2.12. The summed E-state index contributed by atoms with van der Waals surface area (Å²) in [7, 11) is 0. The van der Waals surface area contributed by atoms with E-state index in [0.717, 1.165) is 0 Å². The fourth-order valence-electron chi connectivity index (χ4n) is 1.39. The van der Waals surface area contributed by atoms with Gasteiger partial charge in [0.15, 0.2) is 11.5 Å². The average molecular weight is 215 g/mol. The van der Waals surface area contributed by atoms with Gasteiger partial charge in [0.1, 0.15) is 0 Å². The molecule has 76 valence electrons. The summed E-state index contributed by atoms with van der Waals surface area (Å²) in [6.07, 6.45) is 0. The molecule has 1 aliphatic rings. The van der Waals surface area contributed by atoms with E-state index in [1.165, 1.54) is 0 Å². The summed E-state index contributed by atoms with van der Waals surface area (Å²) < 4.78 is 10.4. The van der Waals surface area contributed by atoms with Crippen molar-refractivity contribution < 1.29 is 14.6 Å². The molecule has 0 atom stereocenters. The number of rotatable bonds is 1. The number of fused-ring (bicyclic) bond motifs is 1. The molecule has 0 aliphatic carbocycles. The molecule has 1 aromatic carbocycles. The first-order valence-electron chi connectivity index (χ1n) is 4.30. The van der Waals surface area contributed by atoms with Crippen LogP contribution >= 0.6 is 11.6 Å². The Balaban J connectivity index is 2.53. The van der Waals surface area contributed by atoms with E-state index in [4.69, 9.17) is 21.1 Å². The molecule has 0 unspecified atom stereocenters. The Kier molecular flexibility index (Phi) is 2.09. The third-order valence-corrected chi connectivity index (χ3v) is 2.43. The second-order valence-electron chi connectivity index (χ2n) is 3.74. The van der Waals surface area contributed by atoms with E-state index < -0.39 is 5.60 Å². The van der Waals surface area contributed by atoms with Crippen LogP contribution in [0.25, 0.3) is 0 Å². The van der Waals surface area contributed by atoms with Gasteiger partial charge < -0.3 is 14.6 Å². The lowest BCUT2D eigenvalue weighted by Gasteiger charge is -2.19. The van der Waals surface area contributed by atoms with Crippen molar-refractivity contribution in [2.45, 2.75) is 19.4 Å². The number of ether oxygens (including phenoxy) is 2. The normalized spacial score (nSPS) is 14.6. The molecule has 4 heteroatoms. The van der Waals surface area contributed by atoms with Gasteiger partial charge in [0.25, 0.3) is 0 Å². The largest absolute Gasteiger partial charge is 0.454 e. The molecule has 0 radical (unpaired) electrons. The van der Waals surface area contributed by atoms with Gasteiger partial charge in [-0.1, -0.05) is 11.6 Å². The van der Waals surface area contributed by atoms with Gasteiger partial charge in [-0.3, -0.25) is 0 Å². The predicted molar refractivity (Wildman–Crippen MR) is 52.8 cm³/mol. The number of halogens is 1. The SMILES string of the molecule is CC(C)(O)c1cc2c(cc1Cl)OCO2. The van der Waals surface area contributed by atoms with Crippen molar-refractivity contribution in [1.29, 1.82) is 0 Å². The average Bonchev–Trinajstić information content (AvgIpc) is 2.47. The minimum Gasteiger partial charge on any atom is -0.454 e. The van der Waals surface area contributed by atoms with Gasteiger partial charge in [-0.15, -0.1) is 0 Å². The first-order chi connectivity index (χ1) is 6.48. The predicted octanol–water partition coefficient (Wildman–Crippen LogP) is 2.30. The molecule has 1 heterocycles. The Labute approximate surface area is 87.2 Å². The maximum atomic E-state index is 9.82. The van der Waals surface area contributed by atoms with E-state index in [1.54, 1.807) is 26.0 Å². The van der Waals surface area contributed by atoms with E-state index >= 15 is 0 Å². The lowest BCUT2D eigenvalue weighted by molar-refractivity contribution is 0.0784. The number of hydrogen-bond donors (Lipinski definition) is 1. The van der Waals surface area contributed by atoms with Gasteiger partial charge in [0.2, 0.25) is 6.79 Å². The lowest BCUT2D eigenvalue weighted by atomic mass is 9.98. The molecule has 1 aromatic rings. The van der Waals surface area contributed by atoms with Crippen LogP contribution in [0.2, 0.25) is 5.02 Å². The van der Waals surface area contributed by atoms with Crippen LogP contribution in [-0.2, 0) is 5.60 Å². The molecule has 0 bridgehead atoms. The summed E-state index contributed by atoms with van der Waals surface area (Å²) in [5, 5.41) is 10.3. The van der Waals surface area contributed by atoms with Gasteiger partial charge in [-0.2, -0.15) is 0 Å². The second-order valence-corrected chi connectivity index (χ2v) is 4.15. The molecule has 0 aromatic heterocycles. The van der Waals surface area contributed by atoms with Gasteiger partial charge in [0, 0.05) is 11.6 Å². The maximum absolute atomic E-state index is 9.82. The van der Waals surface area contributed by atoms with E-state index in [-0.39, 0.29) is 6.79 Å². The quantitative estimate of drug-likeness (QED) is 0.780. The van der Waals surface area contributed by atoms with Crippen LogP contribution in [-0.4, -0.2) is 11.9 Å². The zero-order chi connectivity index (χ0) is 10.3. The number of benzene rings is 1. The van der Waals surface area contributed by atoms with Crippen LogP contribution in [0.15, 0.2) is 12.1 Å². The van der Waals surface area contributed by atoms with Crippen LogP contribution in [0.5, 0.6) is 11.5 Å². The molecular formula is C10H11ClO3. The molecule has 0 amide bonds. The summed E-state index contributed by atoms with van der Waals surface area (Å²) in [4.78, 5) is 0. The Morgan fingerprint density at radius 2 is 1.86 bits per heavy atom. The zero-order valence-corrected chi connectivity index (χ0v) is 8.76. The fraction of sp³-hybridized carbons (Fsp3) is 0.400. The van der Waals surface area contributed by atoms with Crippen molar-refractivity contribution in [2.24, 2.45) is 0 Å². The zero-order valence-electron chi connectivity index (χ0n) is 8.00. The molecule has 3 nitrogen and oxygen atoms in total. The topological polar surface area (TPSA) is 38.7 Å². The Hall–Kier alpha value is -0.930. The molecule has 1 aliphatic heterocycles. The van der Waals surface area contributed by atoms with Crippen molar-refractivity contribution in [2.75, 3.05) is 6.79 Å². The third kappa shape index (κ3) is 1.53. The van der Waals surface area contributed by atoms with E-state index in [9.17, 15) is 5.11 Å². The second kappa shape index (κ2) is 3.04. The van der Waals surface area contributed by atoms with Crippen molar-refractivity contribution in [3.63, 3.8) is 0 Å². The monoisotopic (exact) mass is 214 g/mol. The molecule has 2 rings (SSSR count). The molecular weight excluding hydrogens is 204 g/mol.